The molecule has 1 aliphatic heterocycles. The fraction of sp³-hybridized carbons (Fsp3) is 0.304. The van der Waals surface area contributed by atoms with Gasteiger partial charge in [-0.15, -0.1) is 0 Å². The van der Waals surface area contributed by atoms with Crippen molar-refractivity contribution in [1.29, 1.82) is 0 Å². The smallest absolute Gasteiger partial charge is 0.337 e. The molecule has 0 saturated carbocycles. The number of hydrogen-bond acceptors (Lipinski definition) is 8. The largest absolute Gasteiger partial charge is 0.494 e. The van der Waals surface area contributed by atoms with Crippen molar-refractivity contribution in [1.82, 2.24) is 19.8 Å². The second-order valence-corrected chi connectivity index (χ2v) is 10.0. The highest BCUT2D eigenvalue weighted by Crippen LogP contribution is 2.36. The molecule has 0 radical (unpaired) electrons. The maximum Gasteiger partial charge on any atom is 0.337 e. The van der Waals surface area contributed by atoms with E-state index in [-0.39, 0.29) is 16.5 Å². The Kier molecular flexibility index (Phi) is 6.39. The number of nitrogens with zero attached hydrogens (tertiary/aromatic N) is 3. The Morgan fingerprint density at radius 1 is 1.21 bits per heavy atom. The van der Waals surface area contributed by atoms with Gasteiger partial charge < -0.3 is 24.6 Å². The highest BCUT2D eigenvalue weighted by Gasteiger charge is 2.19. The van der Waals surface area contributed by atoms with Crippen LogP contribution in [0.3, 0.4) is 0 Å². The van der Waals surface area contributed by atoms with Gasteiger partial charge in [0.25, 0.3) is 0 Å². The molecule has 4 rings (SSSR count). The Hall–Kier alpha value is -3.37. The lowest BCUT2D eigenvalue weighted by molar-refractivity contribution is 0.0601. The molecule has 0 unspecified atom stereocenters. The number of fused-ring (bicyclic) bond motifs is 1. The van der Waals surface area contributed by atoms with Gasteiger partial charge in [-0.2, -0.15) is 0 Å². The molecule has 1 aromatic carbocycles. The number of carbonyl (C=O) groups excluding carboxylic acids is 1. The van der Waals surface area contributed by atoms with Crippen LogP contribution in [0.25, 0.3) is 22.2 Å². The van der Waals surface area contributed by atoms with Crippen molar-refractivity contribution in [2.24, 2.45) is 0 Å². The molecule has 3 heterocycles. The first-order valence-electron chi connectivity index (χ1n) is 10.5. The van der Waals surface area contributed by atoms with Gasteiger partial charge in [-0.05, 0) is 43.6 Å². The number of aromatic amines is 1. The summed E-state index contributed by atoms with van der Waals surface area (Å²) in [5.41, 5.74) is 1.71. The van der Waals surface area contributed by atoms with Crippen molar-refractivity contribution >= 4 is 26.7 Å². The number of nitrogens with one attached hydrogen (secondary N) is 1. The van der Waals surface area contributed by atoms with Crippen molar-refractivity contribution in [2.75, 3.05) is 46.1 Å². The lowest BCUT2D eigenvalue weighted by Gasteiger charge is -2.31. The number of aromatic nitrogens is 2. The number of methoxy groups -OCH3 is 1. The van der Waals surface area contributed by atoms with Crippen LogP contribution < -0.4 is 0 Å². The number of likely N-dealkylation sites (N-methyl/N-ethyl adjacent to an activating group) is 1. The number of esters is 1. The minimum Gasteiger partial charge on any atom is -0.494 e. The monoisotopic (exact) mass is 470 g/mol. The fourth-order valence-corrected chi connectivity index (χ4v) is 4.80. The Morgan fingerprint density at radius 3 is 2.64 bits per heavy atom. The number of sulfone groups is 1. The van der Waals surface area contributed by atoms with Gasteiger partial charge >= 0.3 is 5.97 Å². The third kappa shape index (κ3) is 4.86. The summed E-state index contributed by atoms with van der Waals surface area (Å²) in [5.74, 6) is -0.742. The summed E-state index contributed by atoms with van der Waals surface area (Å²) < 4.78 is 30.2. The first-order valence-corrected chi connectivity index (χ1v) is 12.1. The molecule has 0 amide bonds. The van der Waals surface area contributed by atoms with E-state index in [1.807, 2.05) is 6.20 Å². The van der Waals surface area contributed by atoms with E-state index in [2.05, 4.69) is 26.8 Å². The highest BCUT2D eigenvalue weighted by atomic mass is 32.2. The lowest BCUT2D eigenvalue weighted by atomic mass is 10.1. The number of benzene rings is 1. The molecule has 1 fully saturated rings. The molecule has 0 atom stereocenters. The Morgan fingerprint density at radius 2 is 1.97 bits per heavy atom. The number of pyridine rings is 1. The first kappa shape index (κ1) is 22.8. The molecular formula is C23H26N4O5S. The predicted octanol–water partition coefficient (Wildman–Crippen LogP) is 2.26. The van der Waals surface area contributed by atoms with E-state index in [1.165, 1.54) is 19.4 Å². The van der Waals surface area contributed by atoms with Crippen LogP contribution in [0.2, 0.25) is 0 Å². The number of aromatic hydroxyl groups is 1. The summed E-state index contributed by atoms with van der Waals surface area (Å²) in [6.07, 6.45) is 4.79. The van der Waals surface area contributed by atoms with E-state index in [9.17, 15) is 18.3 Å². The summed E-state index contributed by atoms with van der Waals surface area (Å²) in [5, 5.41) is 11.0. The fourth-order valence-electron chi connectivity index (χ4n) is 3.78. The van der Waals surface area contributed by atoms with E-state index < -0.39 is 15.8 Å². The van der Waals surface area contributed by atoms with Crippen LogP contribution in [-0.2, 0) is 14.6 Å². The van der Waals surface area contributed by atoms with Crippen LogP contribution in [0.1, 0.15) is 10.4 Å². The molecule has 1 aliphatic rings. The van der Waals surface area contributed by atoms with Crippen LogP contribution in [0.4, 0.5) is 0 Å². The summed E-state index contributed by atoms with van der Waals surface area (Å²) in [6.45, 7) is 3.64. The van der Waals surface area contributed by atoms with Gasteiger partial charge in [0.1, 0.15) is 0 Å². The Bertz CT molecular complexity index is 1290. The maximum absolute atomic E-state index is 12.7. The van der Waals surface area contributed by atoms with E-state index in [0.29, 0.717) is 27.7 Å². The molecule has 1 saturated heterocycles. The van der Waals surface area contributed by atoms with Gasteiger partial charge in [0, 0.05) is 43.3 Å². The average molecular weight is 471 g/mol. The van der Waals surface area contributed by atoms with Crippen molar-refractivity contribution < 1.29 is 23.1 Å². The standard InChI is InChI=1S/C23H26N4O5S/c1-26-9-11-27(12-10-26)8-3-13-33(30,31)17-5-7-20(24-15-17)21-18-14-16(23(29)32-2)4-6-19(18)25-22(21)28/h3-8,14-15,25,28H,9-13H2,1-2H3. The van der Waals surface area contributed by atoms with Crippen LogP contribution in [0, 0.1) is 0 Å². The second-order valence-electron chi connectivity index (χ2n) is 7.99. The topological polar surface area (TPSA) is 116 Å². The summed E-state index contributed by atoms with van der Waals surface area (Å²) in [7, 11) is -0.189. The maximum atomic E-state index is 12.7. The number of piperazine rings is 1. The predicted molar refractivity (Wildman–Crippen MR) is 125 cm³/mol. The normalized spacial score (nSPS) is 15.4. The lowest BCUT2D eigenvalue weighted by Crippen LogP contribution is -2.41. The molecule has 174 valence electrons. The van der Waals surface area contributed by atoms with Crippen molar-refractivity contribution in [3.8, 4) is 17.1 Å². The average Bonchev–Trinajstić information content (AvgIpc) is 3.14. The summed E-state index contributed by atoms with van der Waals surface area (Å²) in [6, 6.07) is 7.87. The zero-order valence-corrected chi connectivity index (χ0v) is 19.3. The molecule has 0 aliphatic carbocycles. The number of rotatable bonds is 6. The van der Waals surface area contributed by atoms with Gasteiger partial charge in [-0.1, -0.05) is 6.08 Å². The zero-order valence-electron chi connectivity index (χ0n) is 18.5. The van der Waals surface area contributed by atoms with Crippen LogP contribution in [-0.4, -0.2) is 85.4 Å². The van der Waals surface area contributed by atoms with Crippen LogP contribution in [0.15, 0.2) is 53.7 Å². The molecular weight excluding hydrogens is 444 g/mol. The SMILES string of the molecule is COC(=O)c1ccc2[nH]c(O)c(-c3ccc(S(=O)(=O)CC=CN4CCN(C)CC4)cn3)c2c1. The van der Waals surface area contributed by atoms with Crippen molar-refractivity contribution in [2.45, 2.75) is 4.90 Å². The highest BCUT2D eigenvalue weighted by molar-refractivity contribution is 7.91. The second kappa shape index (κ2) is 9.24. The molecule has 2 aromatic heterocycles. The minimum atomic E-state index is -3.55. The minimum absolute atomic E-state index is 0.101. The molecule has 9 nitrogen and oxygen atoms in total. The summed E-state index contributed by atoms with van der Waals surface area (Å²) in [4.78, 5) is 23.5. The van der Waals surface area contributed by atoms with Gasteiger partial charge in [0.15, 0.2) is 15.7 Å². The molecule has 10 heteroatoms. The number of carbonyl (C=O) groups is 1. The van der Waals surface area contributed by atoms with Gasteiger partial charge in [0.2, 0.25) is 0 Å². The first-order chi connectivity index (χ1) is 15.8. The number of hydrogen-bond donors (Lipinski definition) is 2. The third-order valence-corrected chi connectivity index (χ3v) is 7.31. The van der Waals surface area contributed by atoms with Gasteiger partial charge in [-0.3, -0.25) is 4.98 Å². The van der Waals surface area contributed by atoms with E-state index in [0.717, 1.165) is 26.2 Å². The van der Waals surface area contributed by atoms with Crippen LogP contribution in [0.5, 0.6) is 5.88 Å². The Labute approximate surface area is 192 Å². The van der Waals surface area contributed by atoms with E-state index >= 15 is 0 Å². The third-order valence-electron chi connectivity index (χ3n) is 5.72. The molecule has 3 aromatic rings. The molecule has 0 bridgehead atoms. The van der Waals surface area contributed by atoms with E-state index in [1.54, 1.807) is 30.3 Å². The van der Waals surface area contributed by atoms with Crippen LogP contribution >= 0.6 is 0 Å². The van der Waals surface area contributed by atoms with Gasteiger partial charge in [0.05, 0.1) is 34.6 Å². The Balaban J connectivity index is 1.55. The molecule has 0 spiro atoms. The zero-order chi connectivity index (χ0) is 23.6. The summed E-state index contributed by atoms with van der Waals surface area (Å²) >= 11 is 0. The number of H-pyrrole nitrogens is 1. The van der Waals surface area contributed by atoms with Crippen molar-refractivity contribution in [3.63, 3.8) is 0 Å². The van der Waals surface area contributed by atoms with E-state index in [4.69, 9.17) is 4.74 Å². The van der Waals surface area contributed by atoms with Gasteiger partial charge in [-0.25, -0.2) is 13.2 Å². The number of ether oxygens (including phenoxy) is 1. The quantitative estimate of drug-likeness (QED) is 0.527. The molecule has 2 N–H and O–H groups in total. The molecule has 33 heavy (non-hydrogen) atoms. The van der Waals surface area contributed by atoms with Crippen molar-refractivity contribution in [3.05, 3.63) is 54.4 Å².